The van der Waals surface area contributed by atoms with Gasteiger partial charge in [0.2, 0.25) is 0 Å². The normalized spacial score (nSPS) is 20.0. The average Bonchev–Trinajstić information content (AvgIpc) is 2.71. The standard InChI is InChI=1S/C15H20N3O3.ClH/c1-16-13-10-12(17(20)21)6-7-14(13)18(11-15(16)19)8-4-2-3-5-9-18;/h6-7,10H,2-5,8-9,11H2,1H3;1H/q+1;/p-1. The Hall–Kier alpha value is -1.66. The molecular formula is C15H20ClN3O3. The first kappa shape index (κ1) is 16.7. The van der Waals surface area contributed by atoms with Gasteiger partial charge in [-0.3, -0.25) is 19.4 Å². The highest BCUT2D eigenvalue weighted by Crippen LogP contribution is 2.41. The highest BCUT2D eigenvalue weighted by Gasteiger charge is 2.42. The summed E-state index contributed by atoms with van der Waals surface area (Å²) >= 11 is 0. The van der Waals surface area contributed by atoms with E-state index in [-0.39, 0.29) is 24.0 Å². The van der Waals surface area contributed by atoms with E-state index >= 15 is 0 Å². The van der Waals surface area contributed by atoms with E-state index in [9.17, 15) is 14.9 Å². The van der Waals surface area contributed by atoms with Gasteiger partial charge in [-0.2, -0.15) is 0 Å². The van der Waals surface area contributed by atoms with Gasteiger partial charge in [-0.05, 0) is 25.7 Å². The lowest BCUT2D eigenvalue weighted by molar-refractivity contribution is -0.384. The molecule has 3 rings (SSSR count). The first-order valence-corrected chi connectivity index (χ1v) is 7.45. The van der Waals surface area contributed by atoms with E-state index < -0.39 is 4.92 Å². The zero-order valence-electron chi connectivity index (χ0n) is 12.6. The van der Waals surface area contributed by atoms with Crippen LogP contribution in [-0.4, -0.2) is 37.5 Å². The Kier molecular flexibility index (Phi) is 4.72. The van der Waals surface area contributed by atoms with E-state index in [0.29, 0.717) is 16.7 Å². The molecule has 2 aliphatic rings. The van der Waals surface area contributed by atoms with Crippen LogP contribution in [0, 0.1) is 10.1 Å². The third-order valence-electron chi connectivity index (χ3n) is 4.78. The van der Waals surface area contributed by atoms with Gasteiger partial charge < -0.3 is 17.3 Å². The number of hydrogen-bond acceptors (Lipinski definition) is 3. The van der Waals surface area contributed by atoms with E-state index in [0.717, 1.165) is 31.6 Å². The molecular weight excluding hydrogens is 306 g/mol. The number of nitro groups is 1. The first-order chi connectivity index (χ1) is 10.0. The fourth-order valence-corrected chi connectivity index (χ4v) is 3.57. The van der Waals surface area contributed by atoms with Gasteiger partial charge in [0.25, 0.3) is 11.6 Å². The van der Waals surface area contributed by atoms with E-state index in [4.69, 9.17) is 0 Å². The molecule has 1 aromatic rings. The molecule has 0 bridgehead atoms. The van der Waals surface area contributed by atoms with Gasteiger partial charge in [0, 0.05) is 25.2 Å². The van der Waals surface area contributed by atoms with Crippen LogP contribution >= 0.6 is 0 Å². The number of nitrogens with zero attached hydrogens (tertiary/aromatic N) is 3. The summed E-state index contributed by atoms with van der Waals surface area (Å²) in [4.78, 5) is 24.5. The number of hydrogen-bond donors (Lipinski definition) is 0. The number of carbonyl (C=O) groups is 1. The summed E-state index contributed by atoms with van der Waals surface area (Å²) in [5.74, 6) is 0.0462. The lowest BCUT2D eigenvalue weighted by atomic mass is 10.1. The number of quaternary nitrogens is 1. The number of rotatable bonds is 1. The smallest absolute Gasteiger partial charge is 0.282 e. The Balaban J connectivity index is 0.00000176. The molecule has 1 amide bonds. The van der Waals surface area contributed by atoms with Crippen molar-refractivity contribution in [1.29, 1.82) is 0 Å². The molecule has 1 fully saturated rings. The van der Waals surface area contributed by atoms with Crippen LogP contribution in [-0.2, 0) is 4.79 Å². The molecule has 0 aliphatic carbocycles. The van der Waals surface area contributed by atoms with Crippen LogP contribution in [0.5, 0.6) is 0 Å². The van der Waals surface area contributed by atoms with Crippen molar-refractivity contribution in [2.45, 2.75) is 25.7 Å². The molecule has 7 heteroatoms. The summed E-state index contributed by atoms with van der Waals surface area (Å²) < 4.78 is 0.663. The molecule has 0 N–H and O–H groups in total. The van der Waals surface area contributed by atoms with Gasteiger partial charge >= 0.3 is 0 Å². The Morgan fingerprint density at radius 2 is 1.82 bits per heavy atom. The predicted octanol–water partition coefficient (Wildman–Crippen LogP) is -0.543. The SMILES string of the molecule is CN1C(=O)C[N+]2(CCCCCC2)c2ccc([N+](=O)[O-])cc21.[Cl-]. The summed E-state index contributed by atoms with van der Waals surface area (Å²) in [5, 5.41) is 11.0. The zero-order chi connectivity index (χ0) is 15.0. The minimum Gasteiger partial charge on any atom is -1.00 e. The average molecular weight is 326 g/mol. The number of non-ortho nitro benzene ring substituents is 1. The second-order valence-corrected chi connectivity index (χ2v) is 6.05. The van der Waals surface area contributed by atoms with E-state index in [1.807, 2.05) is 6.07 Å². The maximum Gasteiger partial charge on any atom is 0.282 e. The number of nitro benzene ring substituents is 1. The van der Waals surface area contributed by atoms with E-state index in [1.165, 1.54) is 18.9 Å². The lowest BCUT2D eigenvalue weighted by Gasteiger charge is -2.43. The molecule has 2 heterocycles. The minimum atomic E-state index is -0.403. The van der Waals surface area contributed by atoms with Crippen LogP contribution in [0.25, 0.3) is 0 Å². The Bertz CT molecular complexity index is 598. The van der Waals surface area contributed by atoms with Gasteiger partial charge in [-0.25, -0.2) is 0 Å². The van der Waals surface area contributed by atoms with Crippen molar-refractivity contribution < 1.29 is 22.1 Å². The Labute approximate surface area is 135 Å². The number of likely N-dealkylation sites (N-methyl/N-ethyl adjacent to an activating group) is 1. The van der Waals surface area contributed by atoms with Crippen LogP contribution in [0.3, 0.4) is 0 Å². The molecule has 0 saturated carbocycles. The topological polar surface area (TPSA) is 63.5 Å². The third-order valence-corrected chi connectivity index (χ3v) is 4.78. The number of benzene rings is 1. The molecule has 0 atom stereocenters. The number of anilines is 1. The third kappa shape index (κ3) is 2.68. The van der Waals surface area contributed by atoms with Crippen LogP contribution in [0.15, 0.2) is 18.2 Å². The zero-order valence-corrected chi connectivity index (χ0v) is 13.4. The van der Waals surface area contributed by atoms with Crippen molar-refractivity contribution in [3.63, 3.8) is 0 Å². The molecule has 0 unspecified atom stereocenters. The fraction of sp³-hybridized carbons (Fsp3) is 0.533. The molecule has 1 spiro atoms. The monoisotopic (exact) mass is 325 g/mol. The van der Waals surface area contributed by atoms with Crippen molar-refractivity contribution in [3.05, 3.63) is 28.3 Å². The van der Waals surface area contributed by atoms with Gasteiger partial charge in [-0.15, -0.1) is 0 Å². The highest BCUT2D eigenvalue weighted by atomic mass is 35.5. The molecule has 0 aromatic heterocycles. The van der Waals surface area contributed by atoms with Gasteiger partial charge in [0.15, 0.2) is 12.2 Å². The van der Waals surface area contributed by atoms with Crippen LogP contribution in [0.1, 0.15) is 25.7 Å². The van der Waals surface area contributed by atoms with Crippen molar-refractivity contribution in [3.8, 4) is 0 Å². The van der Waals surface area contributed by atoms with Crippen molar-refractivity contribution in [2.75, 3.05) is 31.6 Å². The maximum absolute atomic E-state index is 12.4. The summed E-state index contributed by atoms with van der Waals surface area (Å²) in [6, 6.07) is 4.95. The van der Waals surface area contributed by atoms with Gasteiger partial charge in [0.1, 0.15) is 5.69 Å². The predicted molar refractivity (Wildman–Crippen MR) is 81.4 cm³/mol. The quantitative estimate of drug-likeness (QED) is 0.396. The number of carbonyl (C=O) groups excluding carboxylic acids is 1. The number of fused-ring (bicyclic) bond motifs is 2. The molecule has 0 radical (unpaired) electrons. The lowest BCUT2D eigenvalue weighted by Crippen LogP contribution is -3.00. The summed E-state index contributed by atoms with van der Waals surface area (Å²) in [6.07, 6.45) is 4.61. The van der Waals surface area contributed by atoms with Gasteiger partial charge in [0.05, 0.1) is 18.0 Å². The minimum absolute atomic E-state index is 0. The summed E-state index contributed by atoms with van der Waals surface area (Å²) in [5.41, 5.74) is 1.80. The molecule has 6 nitrogen and oxygen atoms in total. The molecule has 22 heavy (non-hydrogen) atoms. The second-order valence-electron chi connectivity index (χ2n) is 6.05. The van der Waals surface area contributed by atoms with Crippen LogP contribution < -0.4 is 21.8 Å². The number of halogens is 1. The Morgan fingerprint density at radius 3 is 2.41 bits per heavy atom. The summed E-state index contributed by atoms with van der Waals surface area (Å²) in [6.45, 7) is 2.37. The van der Waals surface area contributed by atoms with Crippen molar-refractivity contribution in [2.24, 2.45) is 0 Å². The Morgan fingerprint density at radius 1 is 1.18 bits per heavy atom. The van der Waals surface area contributed by atoms with Crippen molar-refractivity contribution in [1.82, 2.24) is 4.48 Å². The largest absolute Gasteiger partial charge is 1.00 e. The summed E-state index contributed by atoms with van der Waals surface area (Å²) in [7, 11) is 1.71. The van der Waals surface area contributed by atoms with Crippen LogP contribution in [0.4, 0.5) is 17.1 Å². The first-order valence-electron chi connectivity index (χ1n) is 7.45. The number of amides is 1. The highest BCUT2D eigenvalue weighted by molar-refractivity contribution is 6.02. The maximum atomic E-state index is 12.4. The molecule has 1 saturated heterocycles. The van der Waals surface area contributed by atoms with E-state index in [2.05, 4.69) is 0 Å². The molecule has 2 aliphatic heterocycles. The molecule has 1 aromatic carbocycles. The fourth-order valence-electron chi connectivity index (χ4n) is 3.57. The molecule has 120 valence electrons. The second kappa shape index (κ2) is 6.22. The van der Waals surface area contributed by atoms with E-state index in [1.54, 1.807) is 18.0 Å². The van der Waals surface area contributed by atoms with Crippen molar-refractivity contribution >= 4 is 23.0 Å². The van der Waals surface area contributed by atoms with Gasteiger partial charge in [-0.1, -0.05) is 0 Å². The van der Waals surface area contributed by atoms with Crippen LogP contribution in [0.2, 0.25) is 0 Å².